The molecular weight excluding hydrogens is 441 g/mol. The SMILES string of the molecule is CN(/N=C/c1cc(-c2cc3c([nH]2)CCNC3=O)ccn1)c1ccc(C(F)(F)F)cc1[N+](=O)[O-]. The molecule has 0 bridgehead atoms. The van der Waals surface area contributed by atoms with Gasteiger partial charge >= 0.3 is 6.18 Å². The predicted molar refractivity (Wildman–Crippen MR) is 114 cm³/mol. The van der Waals surface area contributed by atoms with Crippen LogP contribution in [0.4, 0.5) is 24.5 Å². The van der Waals surface area contributed by atoms with E-state index in [1.54, 1.807) is 18.2 Å². The number of nitrogens with one attached hydrogen (secondary N) is 2. The largest absolute Gasteiger partial charge is 0.416 e. The van der Waals surface area contributed by atoms with E-state index in [0.29, 0.717) is 30.3 Å². The number of aromatic amines is 1. The van der Waals surface area contributed by atoms with Crippen LogP contribution in [-0.2, 0) is 12.6 Å². The first-order valence-corrected chi connectivity index (χ1v) is 9.73. The second-order valence-electron chi connectivity index (χ2n) is 7.28. The van der Waals surface area contributed by atoms with Gasteiger partial charge in [0.2, 0.25) is 0 Å². The van der Waals surface area contributed by atoms with Crippen LogP contribution in [0.5, 0.6) is 0 Å². The molecule has 4 rings (SSSR count). The van der Waals surface area contributed by atoms with Crippen LogP contribution < -0.4 is 10.3 Å². The highest BCUT2D eigenvalue weighted by Gasteiger charge is 2.33. The van der Waals surface area contributed by atoms with Crippen LogP contribution in [-0.4, -0.2) is 40.6 Å². The number of fused-ring (bicyclic) bond motifs is 1. The number of hydrazone groups is 1. The Balaban J connectivity index is 1.59. The number of anilines is 1. The highest BCUT2D eigenvalue weighted by atomic mass is 19.4. The van der Waals surface area contributed by atoms with Crippen LogP contribution >= 0.6 is 0 Å². The summed E-state index contributed by atoms with van der Waals surface area (Å²) in [6.07, 6.45) is -1.14. The van der Waals surface area contributed by atoms with Gasteiger partial charge in [-0.25, -0.2) is 0 Å². The number of carbonyl (C=O) groups is 1. The molecule has 0 saturated carbocycles. The number of carbonyl (C=O) groups excluding carboxylic acids is 1. The normalized spacial score (nSPS) is 13.6. The summed E-state index contributed by atoms with van der Waals surface area (Å²) in [6.45, 7) is 0.558. The van der Waals surface area contributed by atoms with E-state index in [1.165, 1.54) is 19.5 Å². The first-order valence-electron chi connectivity index (χ1n) is 9.73. The molecule has 2 N–H and O–H groups in total. The smallest absolute Gasteiger partial charge is 0.358 e. The van der Waals surface area contributed by atoms with Crippen LogP contribution in [0.25, 0.3) is 11.3 Å². The summed E-state index contributed by atoms with van der Waals surface area (Å²) in [5.41, 5.74) is 1.35. The van der Waals surface area contributed by atoms with Crippen molar-refractivity contribution in [3.05, 3.63) is 75.2 Å². The van der Waals surface area contributed by atoms with Crippen LogP contribution in [0.2, 0.25) is 0 Å². The van der Waals surface area contributed by atoms with E-state index in [1.807, 2.05) is 0 Å². The van der Waals surface area contributed by atoms with Crippen molar-refractivity contribution in [1.29, 1.82) is 0 Å². The minimum Gasteiger partial charge on any atom is -0.358 e. The maximum atomic E-state index is 12.9. The van der Waals surface area contributed by atoms with Crippen LogP contribution in [0.3, 0.4) is 0 Å². The van der Waals surface area contributed by atoms with Gasteiger partial charge in [0, 0.05) is 49.2 Å². The average Bonchev–Trinajstić information content (AvgIpc) is 3.22. The molecule has 0 spiro atoms. The van der Waals surface area contributed by atoms with Gasteiger partial charge in [-0.1, -0.05) is 0 Å². The van der Waals surface area contributed by atoms with Gasteiger partial charge in [0.25, 0.3) is 11.6 Å². The number of hydrogen-bond donors (Lipinski definition) is 2. The monoisotopic (exact) mass is 458 g/mol. The van der Waals surface area contributed by atoms with Crippen molar-refractivity contribution >= 4 is 23.5 Å². The summed E-state index contributed by atoms with van der Waals surface area (Å²) >= 11 is 0. The molecule has 12 heteroatoms. The Morgan fingerprint density at radius 3 is 2.73 bits per heavy atom. The lowest BCUT2D eigenvalue weighted by Crippen LogP contribution is -2.31. The highest BCUT2D eigenvalue weighted by Crippen LogP contribution is 2.36. The molecule has 33 heavy (non-hydrogen) atoms. The third-order valence-electron chi connectivity index (χ3n) is 5.11. The van der Waals surface area contributed by atoms with Crippen molar-refractivity contribution in [2.24, 2.45) is 5.10 Å². The Hall–Kier alpha value is -4.22. The third kappa shape index (κ3) is 4.54. The Bertz CT molecular complexity index is 1270. The maximum absolute atomic E-state index is 12.9. The molecule has 0 fully saturated rings. The van der Waals surface area contributed by atoms with Crippen LogP contribution in [0.15, 0.2) is 47.7 Å². The number of amides is 1. The fraction of sp³-hybridized carbons (Fsp3) is 0.190. The molecule has 2 aromatic heterocycles. The number of nitrogens with zero attached hydrogens (tertiary/aromatic N) is 4. The minimum atomic E-state index is -4.70. The summed E-state index contributed by atoms with van der Waals surface area (Å²) in [7, 11) is 1.38. The molecule has 3 heterocycles. The number of pyridine rings is 1. The molecule has 170 valence electrons. The Morgan fingerprint density at radius 1 is 1.24 bits per heavy atom. The molecule has 1 aliphatic heterocycles. The summed E-state index contributed by atoms with van der Waals surface area (Å²) in [4.78, 5) is 29.8. The summed E-state index contributed by atoms with van der Waals surface area (Å²) < 4.78 is 38.7. The van der Waals surface area contributed by atoms with E-state index in [-0.39, 0.29) is 11.6 Å². The summed E-state index contributed by atoms with van der Waals surface area (Å²) in [5.74, 6) is -0.144. The van der Waals surface area contributed by atoms with Crippen molar-refractivity contribution < 1.29 is 22.9 Å². The Morgan fingerprint density at radius 2 is 2.03 bits per heavy atom. The number of rotatable bonds is 5. The standard InChI is InChI=1S/C21H17F3N6O3/c1-29(18-3-2-13(21(22,23)24)9-19(18)30(32)33)27-11-14-8-12(4-6-25-14)17-10-15-16(28-17)5-7-26-20(15)31/h2-4,6,8-11,28H,5,7H2,1H3,(H,26,31)/b27-11+. The quantitative estimate of drug-likeness (QED) is 0.343. The number of hydrogen-bond acceptors (Lipinski definition) is 6. The molecule has 3 aromatic rings. The van der Waals surface area contributed by atoms with Gasteiger partial charge in [0.05, 0.1) is 28.0 Å². The molecule has 0 unspecified atom stereocenters. The summed E-state index contributed by atoms with van der Waals surface area (Å²) in [5, 5.41) is 19.3. The highest BCUT2D eigenvalue weighted by molar-refractivity contribution is 5.97. The number of nitro groups is 1. The second-order valence-corrected chi connectivity index (χ2v) is 7.28. The molecule has 1 amide bonds. The lowest BCUT2D eigenvalue weighted by Gasteiger charge is -2.14. The van der Waals surface area contributed by atoms with Crippen LogP contribution in [0, 0.1) is 10.1 Å². The van der Waals surface area contributed by atoms with Gasteiger partial charge < -0.3 is 10.3 Å². The Kier molecular flexibility index (Phi) is 5.58. The Labute approximate surface area is 185 Å². The third-order valence-corrected chi connectivity index (χ3v) is 5.11. The molecule has 1 aromatic carbocycles. The minimum absolute atomic E-state index is 0.108. The number of nitro benzene ring substituents is 1. The van der Waals surface area contributed by atoms with E-state index in [0.717, 1.165) is 34.1 Å². The van der Waals surface area contributed by atoms with Gasteiger partial charge in [-0.15, -0.1) is 0 Å². The first kappa shape index (κ1) is 22.0. The number of benzene rings is 1. The van der Waals surface area contributed by atoms with Gasteiger partial charge in [-0.3, -0.25) is 24.9 Å². The molecule has 0 saturated heterocycles. The lowest BCUT2D eigenvalue weighted by molar-refractivity contribution is -0.384. The molecular formula is C21H17F3N6O3. The summed E-state index contributed by atoms with van der Waals surface area (Å²) in [6, 6.07) is 7.43. The fourth-order valence-corrected chi connectivity index (χ4v) is 3.46. The van der Waals surface area contributed by atoms with Crippen molar-refractivity contribution in [1.82, 2.24) is 15.3 Å². The molecule has 0 atom stereocenters. The second kappa shape index (κ2) is 8.37. The van der Waals surface area contributed by atoms with Crippen LogP contribution in [0.1, 0.15) is 27.3 Å². The molecule has 1 aliphatic rings. The number of halogens is 3. The van der Waals surface area contributed by atoms with E-state index >= 15 is 0 Å². The topological polar surface area (TPSA) is 117 Å². The zero-order chi connectivity index (χ0) is 23.8. The van der Waals surface area contributed by atoms with Gasteiger partial charge in [0.1, 0.15) is 5.69 Å². The molecule has 0 aliphatic carbocycles. The number of alkyl halides is 3. The van der Waals surface area contributed by atoms with Crippen molar-refractivity contribution in [2.75, 3.05) is 18.6 Å². The van der Waals surface area contributed by atoms with Crippen molar-refractivity contribution in [3.63, 3.8) is 0 Å². The number of aromatic nitrogens is 2. The zero-order valence-electron chi connectivity index (χ0n) is 17.2. The van der Waals surface area contributed by atoms with Gasteiger partial charge in [-0.2, -0.15) is 18.3 Å². The lowest BCUT2D eigenvalue weighted by atomic mass is 10.1. The maximum Gasteiger partial charge on any atom is 0.416 e. The van der Waals surface area contributed by atoms with Crippen molar-refractivity contribution in [3.8, 4) is 11.3 Å². The molecule has 9 nitrogen and oxygen atoms in total. The van der Waals surface area contributed by atoms with E-state index in [4.69, 9.17) is 0 Å². The zero-order valence-corrected chi connectivity index (χ0v) is 17.2. The number of H-pyrrole nitrogens is 1. The fourth-order valence-electron chi connectivity index (χ4n) is 3.46. The first-order chi connectivity index (χ1) is 15.6. The van der Waals surface area contributed by atoms with Gasteiger partial charge in [-0.05, 0) is 30.3 Å². The predicted octanol–water partition coefficient (Wildman–Crippen LogP) is 3.76. The average molecular weight is 458 g/mol. The van der Waals surface area contributed by atoms with E-state index in [9.17, 15) is 28.1 Å². The van der Waals surface area contributed by atoms with Gasteiger partial charge in [0.15, 0.2) is 0 Å². The van der Waals surface area contributed by atoms with Crippen molar-refractivity contribution in [2.45, 2.75) is 12.6 Å². The van der Waals surface area contributed by atoms with E-state index in [2.05, 4.69) is 20.4 Å². The van der Waals surface area contributed by atoms with E-state index < -0.39 is 22.4 Å². The molecule has 0 radical (unpaired) electrons.